The number of likely N-dealkylation sites (N-methyl/N-ethyl adjacent to an activating group) is 1. The van der Waals surface area contributed by atoms with E-state index < -0.39 is 0 Å². The summed E-state index contributed by atoms with van der Waals surface area (Å²) in [5, 5.41) is 3.97. The molecule has 0 fully saturated rings. The number of benzene rings is 2. The summed E-state index contributed by atoms with van der Waals surface area (Å²) in [6.45, 7) is 2.42. The van der Waals surface area contributed by atoms with Gasteiger partial charge in [-0.1, -0.05) is 29.8 Å². The Morgan fingerprint density at radius 1 is 1.18 bits per heavy atom. The van der Waals surface area contributed by atoms with Crippen LogP contribution in [0.4, 0.5) is 17.5 Å². The molecule has 2 aromatic heterocycles. The maximum atomic E-state index is 6.43. The molecular formula is C24H23ClN6O2. The van der Waals surface area contributed by atoms with Gasteiger partial charge in [0.25, 0.3) is 0 Å². The first kappa shape index (κ1) is 21.1. The minimum absolute atomic E-state index is 0.0491. The highest BCUT2D eigenvalue weighted by molar-refractivity contribution is 6.31. The summed E-state index contributed by atoms with van der Waals surface area (Å²) in [4.78, 5) is 15.5. The van der Waals surface area contributed by atoms with Gasteiger partial charge in [-0.25, -0.2) is 9.97 Å². The van der Waals surface area contributed by atoms with Crippen LogP contribution < -0.4 is 19.7 Å². The van der Waals surface area contributed by atoms with Crippen LogP contribution in [0.1, 0.15) is 17.3 Å². The lowest BCUT2D eigenvalue weighted by Crippen LogP contribution is -2.34. The molecular weight excluding hydrogens is 440 g/mol. The highest BCUT2D eigenvalue weighted by atomic mass is 35.5. The van der Waals surface area contributed by atoms with E-state index in [-0.39, 0.29) is 6.04 Å². The fraction of sp³-hybridized carbons (Fsp3) is 0.208. The lowest BCUT2D eigenvalue weighted by atomic mass is 10.1. The third-order valence-electron chi connectivity index (χ3n) is 5.62. The number of halogens is 1. The monoisotopic (exact) mass is 462 g/mol. The lowest BCUT2D eigenvalue weighted by Gasteiger charge is -2.35. The molecule has 8 nitrogen and oxygen atoms in total. The van der Waals surface area contributed by atoms with E-state index in [1.54, 1.807) is 19.6 Å². The number of methoxy groups -OCH3 is 1. The van der Waals surface area contributed by atoms with E-state index in [0.717, 1.165) is 22.6 Å². The van der Waals surface area contributed by atoms with E-state index in [1.807, 2.05) is 67.2 Å². The Morgan fingerprint density at radius 2 is 2.03 bits per heavy atom. The standard InChI is InChI=1S/C24H23ClN6O2/c1-15-12-31(14-27-15)19-9-8-16(10-21(19)32-3)28-24-26-11-22-23(29-24)30(2)20(13-33-22)17-6-4-5-7-18(17)25/h4-12,14,20H,13H2,1-3H3,(H,26,28,29). The number of fused-ring (bicyclic) bond motifs is 1. The van der Waals surface area contributed by atoms with Crippen molar-refractivity contribution in [1.82, 2.24) is 19.5 Å². The van der Waals surface area contributed by atoms with Gasteiger partial charge in [-0.05, 0) is 30.7 Å². The quantitative estimate of drug-likeness (QED) is 0.449. The van der Waals surface area contributed by atoms with E-state index >= 15 is 0 Å². The van der Waals surface area contributed by atoms with Gasteiger partial charge in [0.05, 0.1) is 37.1 Å². The SMILES string of the molecule is COc1cc(Nc2ncc3c(n2)N(C)C(c2ccccc2Cl)CO3)ccc1-n1cnc(C)c1. The van der Waals surface area contributed by atoms with Gasteiger partial charge in [-0.3, -0.25) is 0 Å². The molecule has 0 bridgehead atoms. The van der Waals surface area contributed by atoms with Gasteiger partial charge in [-0.15, -0.1) is 0 Å². The highest BCUT2D eigenvalue weighted by Crippen LogP contribution is 2.39. The van der Waals surface area contributed by atoms with E-state index in [2.05, 4.69) is 20.2 Å². The van der Waals surface area contributed by atoms with Crippen LogP contribution in [-0.4, -0.2) is 40.3 Å². The molecule has 168 valence electrons. The Morgan fingerprint density at radius 3 is 2.79 bits per heavy atom. The van der Waals surface area contributed by atoms with Gasteiger partial charge in [0.2, 0.25) is 5.95 Å². The molecule has 9 heteroatoms. The van der Waals surface area contributed by atoms with Crippen molar-refractivity contribution in [1.29, 1.82) is 0 Å². The Kier molecular flexibility index (Phi) is 5.51. The molecule has 1 N–H and O–H groups in total. The summed E-state index contributed by atoms with van der Waals surface area (Å²) < 4.78 is 13.5. The number of imidazole rings is 1. The third-order valence-corrected chi connectivity index (χ3v) is 5.97. The molecule has 0 amide bonds. The Bertz CT molecular complexity index is 1310. The molecule has 0 radical (unpaired) electrons. The van der Waals surface area contributed by atoms with Gasteiger partial charge >= 0.3 is 0 Å². The number of rotatable bonds is 5. The zero-order valence-corrected chi connectivity index (χ0v) is 19.2. The van der Waals surface area contributed by atoms with Gasteiger partial charge in [0.1, 0.15) is 12.4 Å². The number of anilines is 3. The summed E-state index contributed by atoms with van der Waals surface area (Å²) in [6.07, 6.45) is 5.39. The number of nitrogens with zero attached hydrogens (tertiary/aromatic N) is 5. The first-order chi connectivity index (χ1) is 16.0. The maximum Gasteiger partial charge on any atom is 0.229 e. The van der Waals surface area contributed by atoms with Crippen LogP contribution in [0.2, 0.25) is 5.02 Å². The van der Waals surface area contributed by atoms with Gasteiger partial charge < -0.3 is 24.3 Å². The molecule has 1 unspecified atom stereocenters. The average Bonchev–Trinajstić information content (AvgIpc) is 3.26. The Hall–Kier alpha value is -3.78. The first-order valence-electron chi connectivity index (χ1n) is 10.5. The van der Waals surface area contributed by atoms with Gasteiger partial charge in [0, 0.05) is 30.0 Å². The second kappa shape index (κ2) is 8.63. The minimum Gasteiger partial charge on any atom is -0.494 e. The van der Waals surface area contributed by atoms with Crippen molar-refractivity contribution in [2.45, 2.75) is 13.0 Å². The van der Waals surface area contributed by atoms with E-state index in [9.17, 15) is 0 Å². The summed E-state index contributed by atoms with van der Waals surface area (Å²) in [6, 6.07) is 13.5. The van der Waals surface area contributed by atoms with E-state index in [0.29, 0.717) is 34.9 Å². The Labute approximate surface area is 196 Å². The average molecular weight is 463 g/mol. The molecule has 4 aromatic rings. The topological polar surface area (TPSA) is 77.3 Å². The molecule has 3 heterocycles. The fourth-order valence-corrected chi connectivity index (χ4v) is 4.16. The number of ether oxygens (including phenoxy) is 2. The lowest BCUT2D eigenvalue weighted by molar-refractivity contribution is 0.265. The molecule has 1 atom stereocenters. The molecule has 2 aromatic carbocycles. The van der Waals surface area contributed by atoms with Crippen molar-refractivity contribution >= 4 is 29.1 Å². The molecule has 1 aliphatic rings. The third kappa shape index (κ3) is 4.05. The van der Waals surface area contributed by atoms with E-state index in [4.69, 9.17) is 26.1 Å². The van der Waals surface area contributed by atoms with Crippen LogP contribution in [0.25, 0.3) is 5.69 Å². The number of aromatic nitrogens is 4. The first-order valence-corrected chi connectivity index (χ1v) is 10.8. The smallest absolute Gasteiger partial charge is 0.229 e. The number of hydrogen-bond acceptors (Lipinski definition) is 7. The van der Waals surface area contributed by atoms with Crippen LogP contribution in [0, 0.1) is 6.92 Å². The largest absolute Gasteiger partial charge is 0.494 e. The van der Waals surface area contributed by atoms with E-state index in [1.165, 1.54) is 0 Å². The number of nitrogens with one attached hydrogen (secondary N) is 1. The van der Waals surface area contributed by atoms with Crippen molar-refractivity contribution in [3.8, 4) is 17.2 Å². The zero-order chi connectivity index (χ0) is 22.9. The molecule has 0 saturated heterocycles. The van der Waals surface area contributed by atoms with Gasteiger partial charge in [-0.2, -0.15) is 4.98 Å². The number of aryl methyl sites for hydroxylation is 1. The van der Waals surface area contributed by atoms with Crippen LogP contribution in [0.3, 0.4) is 0 Å². The van der Waals surface area contributed by atoms with Crippen LogP contribution in [0.15, 0.2) is 61.2 Å². The van der Waals surface area contributed by atoms with Crippen LogP contribution >= 0.6 is 11.6 Å². The van der Waals surface area contributed by atoms with Crippen LogP contribution in [0.5, 0.6) is 11.5 Å². The fourth-order valence-electron chi connectivity index (χ4n) is 3.90. The zero-order valence-electron chi connectivity index (χ0n) is 18.5. The molecule has 0 saturated carbocycles. The summed E-state index contributed by atoms with van der Waals surface area (Å²) in [7, 11) is 3.63. The molecule has 0 aliphatic carbocycles. The van der Waals surface area contributed by atoms with Crippen molar-refractivity contribution < 1.29 is 9.47 Å². The predicted octanol–water partition coefficient (Wildman–Crippen LogP) is 4.95. The summed E-state index contributed by atoms with van der Waals surface area (Å²) in [5.41, 5.74) is 3.62. The minimum atomic E-state index is -0.0491. The second-order valence-electron chi connectivity index (χ2n) is 7.77. The number of hydrogen-bond donors (Lipinski definition) is 1. The van der Waals surface area contributed by atoms with Crippen molar-refractivity contribution in [2.24, 2.45) is 0 Å². The summed E-state index contributed by atoms with van der Waals surface area (Å²) in [5.74, 6) is 2.49. The maximum absolute atomic E-state index is 6.43. The van der Waals surface area contributed by atoms with Crippen molar-refractivity contribution in [2.75, 3.05) is 31.0 Å². The Balaban J connectivity index is 1.41. The molecule has 33 heavy (non-hydrogen) atoms. The highest BCUT2D eigenvalue weighted by Gasteiger charge is 2.29. The van der Waals surface area contributed by atoms with Gasteiger partial charge in [0.15, 0.2) is 11.6 Å². The molecule has 5 rings (SSSR count). The van der Waals surface area contributed by atoms with Crippen LogP contribution in [-0.2, 0) is 0 Å². The summed E-state index contributed by atoms with van der Waals surface area (Å²) >= 11 is 6.43. The predicted molar refractivity (Wildman–Crippen MR) is 128 cm³/mol. The molecule has 1 aliphatic heterocycles. The van der Waals surface area contributed by atoms with Crippen molar-refractivity contribution in [3.63, 3.8) is 0 Å². The normalized spacial score (nSPS) is 15.0. The van der Waals surface area contributed by atoms with Crippen molar-refractivity contribution in [3.05, 3.63) is 77.5 Å². The molecule has 0 spiro atoms. The second-order valence-corrected chi connectivity index (χ2v) is 8.18.